The average Bonchev–Trinajstić information content (AvgIpc) is 2.38. The lowest BCUT2D eigenvalue weighted by Gasteiger charge is -2.22. The second kappa shape index (κ2) is 5.09. The predicted octanol–water partition coefficient (Wildman–Crippen LogP) is 2.22. The SMILES string of the molecule is CC(C)(CCl)C(=O)Nc1ccc2c(c1)NC(=O)CO2. The normalized spacial score (nSPS) is 14.2. The molecule has 0 aromatic heterocycles. The van der Waals surface area contributed by atoms with Crippen LogP contribution in [0.15, 0.2) is 18.2 Å². The van der Waals surface area contributed by atoms with Crippen LogP contribution in [0.5, 0.6) is 5.75 Å². The van der Waals surface area contributed by atoms with Crippen molar-refractivity contribution >= 4 is 34.8 Å². The minimum atomic E-state index is -0.656. The van der Waals surface area contributed by atoms with Gasteiger partial charge in [0, 0.05) is 11.6 Å². The van der Waals surface area contributed by atoms with Gasteiger partial charge < -0.3 is 15.4 Å². The summed E-state index contributed by atoms with van der Waals surface area (Å²) in [5, 5.41) is 5.45. The van der Waals surface area contributed by atoms with Gasteiger partial charge in [-0.25, -0.2) is 0 Å². The number of hydrogen-bond donors (Lipinski definition) is 2. The second-order valence-electron chi connectivity index (χ2n) is 5.02. The third-order valence-electron chi connectivity index (χ3n) is 2.82. The van der Waals surface area contributed by atoms with E-state index in [9.17, 15) is 9.59 Å². The van der Waals surface area contributed by atoms with E-state index in [0.29, 0.717) is 17.1 Å². The molecule has 0 saturated heterocycles. The molecule has 1 aromatic rings. The highest BCUT2D eigenvalue weighted by atomic mass is 35.5. The van der Waals surface area contributed by atoms with E-state index < -0.39 is 5.41 Å². The lowest BCUT2D eigenvalue weighted by molar-refractivity contribution is -0.123. The maximum Gasteiger partial charge on any atom is 0.262 e. The summed E-state index contributed by atoms with van der Waals surface area (Å²) in [6, 6.07) is 5.09. The zero-order chi connectivity index (χ0) is 14.0. The summed E-state index contributed by atoms with van der Waals surface area (Å²) in [6.07, 6.45) is 0. The zero-order valence-electron chi connectivity index (χ0n) is 10.7. The molecule has 1 heterocycles. The number of benzene rings is 1. The Morgan fingerprint density at radius 3 is 2.95 bits per heavy atom. The van der Waals surface area contributed by atoms with Crippen LogP contribution in [-0.2, 0) is 9.59 Å². The monoisotopic (exact) mass is 282 g/mol. The van der Waals surface area contributed by atoms with E-state index in [1.165, 1.54) is 0 Å². The van der Waals surface area contributed by atoms with Crippen molar-refractivity contribution in [3.63, 3.8) is 0 Å². The molecule has 19 heavy (non-hydrogen) atoms. The molecule has 1 aliphatic rings. The number of alkyl halides is 1. The number of hydrogen-bond acceptors (Lipinski definition) is 3. The fraction of sp³-hybridized carbons (Fsp3) is 0.385. The lowest BCUT2D eigenvalue weighted by atomic mass is 9.95. The lowest BCUT2D eigenvalue weighted by Crippen LogP contribution is -2.32. The number of nitrogens with one attached hydrogen (secondary N) is 2. The molecule has 0 unspecified atom stereocenters. The Bertz CT molecular complexity index is 529. The third kappa shape index (κ3) is 2.98. The minimum Gasteiger partial charge on any atom is -0.482 e. The van der Waals surface area contributed by atoms with Gasteiger partial charge in [0.1, 0.15) is 5.75 Å². The van der Waals surface area contributed by atoms with Gasteiger partial charge in [-0.15, -0.1) is 11.6 Å². The first-order valence-electron chi connectivity index (χ1n) is 5.86. The van der Waals surface area contributed by atoms with Crippen LogP contribution < -0.4 is 15.4 Å². The van der Waals surface area contributed by atoms with E-state index >= 15 is 0 Å². The summed E-state index contributed by atoms with van der Waals surface area (Å²) >= 11 is 5.75. The van der Waals surface area contributed by atoms with Crippen LogP contribution in [0.4, 0.5) is 11.4 Å². The summed E-state index contributed by atoms with van der Waals surface area (Å²) in [4.78, 5) is 23.2. The average molecular weight is 283 g/mol. The number of carbonyl (C=O) groups excluding carboxylic acids is 2. The van der Waals surface area contributed by atoms with Crippen molar-refractivity contribution in [2.75, 3.05) is 23.1 Å². The van der Waals surface area contributed by atoms with Crippen LogP contribution in [0.1, 0.15) is 13.8 Å². The molecular weight excluding hydrogens is 268 g/mol. The summed E-state index contributed by atoms with van der Waals surface area (Å²) in [7, 11) is 0. The van der Waals surface area contributed by atoms with Gasteiger partial charge in [-0.3, -0.25) is 9.59 Å². The summed E-state index contributed by atoms with van der Waals surface area (Å²) in [5.74, 6) is 0.431. The Labute approximate surface area is 116 Å². The number of carbonyl (C=O) groups is 2. The maximum atomic E-state index is 12.0. The zero-order valence-corrected chi connectivity index (χ0v) is 11.5. The predicted molar refractivity (Wildman–Crippen MR) is 73.7 cm³/mol. The van der Waals surface area contributed by atoms with Crippen molar-refractivity contribution in [3.8, 4) is 5.75 Å². The van der Waals surface area contributed by atoms with E-state index in [4.69, 9.17) is 16.3 Å². The molecule has 0 fully saturated rings. The summed E-state index contributed by atoms with van der Waals surface area (Å²) in [6.45, 7) is 3.54. The summed E-state index contributed by atoms with van der Waals surface area (Å²) in [5.41, 5.74) is 0.488. The molecule has 0 bridgehead atoms. The number of ether oxygens (including phenoxy) is 1. The van der Waals surface area contributed by atoms with Gasteiger partial charge in [-0.05, 0) is 32.0 Å². The summed E-state index contributed by atoms with van der Waals surface area (Å²) < 4.78 is 5.24. The Kier molecular flexibility index (Phi) is 3.66. The van der Waals surface area contributed by atoms with Gasteiger partial charge in [-0.2, -0.15) is 0 Å². The Morgan fingerprint density at radius 1 is 1.53 bits per heavy atom. The Balaban J connectivity index is 2.17. The molecule has 5 nitrogen and oxygen atoms in total. The van der Waals surface area contributed by atoms with Gasteiger partial charge >= 0.3 is 0 Å². The molecular formula is C13H15ClN2O3. The van der Waals surface area contributed by atoms with Crippen LogP contribution >= 0.6 is 11.6 Å². The number of rotatable bonds is 3. The highest BCUT2D eigenvalue weighted by molar-refractivity contribution is 6.20. The van der Waals surface area contributed by atoms with E-state index in [2.05, 4.69) is 10.6 Å². The van der Waals surface area contributed by atoms with Gasteiger partial charge in [0.15, 0.2) is 6.61 Å². The van der Waals surface area contributed by atoms with E-state index in [1.54, 1.807) is 32.0 Å². The molecule has 2 rings (SSSR count). The van der Waals surface area contributed by atoms with Crippen LogP contribution in [-0.4, -0.2) is 24.3 Å². The van der Waals surface area contributed by atoms with Crippen molar-refractivity contribution < 1.29 is 14.3 Å². The van der Waals surface area contributed by atoms with E-state index in [1.807, 2.05) is 0 Å². The molecule has 6 heteroatoms. The number of anilines is 2. The number of fused-ring (bicyclic) bond motifs is 1. The Hall–Kier alpha value is -1.75. The quantitative estimate of drug-likeness (QED) is 0.836. The molecule has 0 saturated carbocycles. The molecule has 2 N–H and O–H groups in total. The van der Waals surface area contributed by atoms with Gasteiger partial charge in [-0.1, -0.05) is 0 Å². The van der Waals surface area contributed by atoms with Crippen LogP contribution in [0, 0.1) is 5.41 Å². The van der Waals surface area contributed by atoms with Crippen molar-refractivity contribution in [1.82, 2.24) is 0 Å². The van der Waals surface area contributed by atoms with Gasteiger partial charge in [0.05, 0.1) is 11.1 Å². The van der Waals surface area contributed by atoms with E-state index in [0.717, 1.165) is 0 Å². The first-order valence-corrected chi connectivity index (χ1v) is 6.40. The topological polar surface area (TPSA) is 67.4 Å². The van der Waals surface area contributed by atoms with E-state index in [-0.39, 0.29) is 24.3 Å². The van der Waals surface area contributed by atoms with Crippen molar-refractivity contribution in [1.29, 1.82) is 0 Å². The maximum absolute atomic E-state index is 12.0. The molecule has 1 aromatic carbocycles. The smallest absolute Gasteiger partial charge is 0.262 e. The second-order valence-corrected chi connectivity index (χ2v) is 5.29. The van der Waals surface area contributed by atoms with Crippen molar-refractivity contribution in [2.24, 2.45) is 5.41 Å². The van der Waals surface area contributed by atoms with Crippen LogP contribution in [0.3, 0.4) is 0 Å². The minimum absolute atomic E-state index is 0.0119. The number of amides is 2. The molecule has 0 atom stereocenters. The van der Waals surface area contributed by atoms with Crippen LogP contribution in [0.25, 0.3) is 0 Å². The first-order chi connectivity index (χ1) is 8.92. The highest BCUT2D eigenvalue weighted by Gasteiger charge is 2.27. The molecule has 1 aliphatic heterocycles. The van der Waals surface area contributed by atoms with Crippen molar-refractivity contribution in [2.45, 2.75) is 13.8 Å². The number of halogens is 1. The fourth-order valence-corrected chi connectivity index (χ4v) is 1.64. The van der Waals surface area contributed by atoms with Crippen LogP contribution in [0.2, 0.25) is 0 Å². The van der Waals surface area contributed by atoms with Gasteiger partial charge in [0.25, 0.3) is 5.91 Å². The first kappa shape index (κ1) is 13.7. The fourth-order valence-electron chi connectivity index (χ4n) is 1.52. The highest BCUT2D eigenvalue weighted by Crippen LogP contribution is 2.31. The molecule has 102 valence electrons. The largest absolute Gasteiger partial charge is 0.482 e. The Morgan fingerprint density at radius 2 is 2.26 bits per heavy atom. The van der Waals surface area contributed by atoms with Gasteiger partial charge in [0.2, 0.25) is 5.91 Å². The standard InChI is InChI=1S/C13H15ClN2O3/c1-13(2,7-14)12(18)15-8-3-4-10-9(5-8)16-11(17)6-19-10/h3-5H,6-7H2,1-2H3,(H,15,18)(H,16,17). The third-order valence-corrected chi connectivity index (χ3v) is 3.49. The molecule has 0 aliphatic carbocycles. The molecule has 0 radical (unpaired) electrons. The molecule has 0 spiro atoms. The molecule has 2 amide bonds. The van der Waals surface area contributed by atoms with Crippen molar-refractivity contribution in [3.05, 3.63) is 18.2 Å².